The fourth-order valence-electron chi connectivity index (χ4n) is 0.706. The lowest BCUT2D eigenvalue weighted by atomic mass is 10.2. The third kappa shape index (κ3) is 7.59. The predicted molar refractivity (Wildman–Crippen MR) is 53.4 cm³/mol. The van der Waals surface area contributed by atoms with Crippen LogP contribution in [-0.2, 0) is 14.3 Å². The number of aliphatic imine (C=N–C) groups is 1. The lowest BCUT2D eigenvalue weighted by Crippen LogP contribution is -2.30. The molecular weight excluding hydrogens is 202 g/mol. The maximum atomic E-state index is 10.0. The van der Waals surface area contributed by atoms with Crippen molar-refractivity contribution >= 4 is 18.3 Å². The van der Waals surface area contributed by atoms with Crippen LogP contribution in [0.5, 0.6) is 0 Å². The molecule has 0 bridgehead atoms. The van der Waals surface area contributed by atoms with E-state index in [9.17, 15) is 9.59 Å². The zero-order valence-corrected chi connectivity index (χ0v) is 8.26. The van der Waals surface area contributed by atoms with Gasteiger partial charge in [0.1, 0.15) is 12.6 Å². The summed E-state index contributed by atoms with van der Waals surface area (Å²) >= 11 is 0. The summed E-state index contributed by atoms with van der Waals surface area (Å²) in [6, 6.07) is -0.742. The molecule has 0 amide bonds. The van der Waals surface area contributed by atoms with Crippen LogP contribution in [0.4, 0.5) is 0 Å². The topological polar surface area (TPSA) is 128 Å². The molecule has 1 aliphatic heterocycles. The van der Waals surface area contributed by atoms with Crippen molar-refractivity contribution in [3.8, 4) is 0 Å². The van der Waals surface area contributed by atoms with Gasteiger partial charge in [0.2, 0.25) is 0 Å². The molecule has 0 fully saturated rings. The van der Waals surface area contributed by atoms with Crippen LogP contribution in [0.3, 0.4) is 0 Å². The molecule has 0 aliphatic carbocycles. The Hall–Kier alpha value is -1.47. The number of carbonyl (C=O) groups is 2. The van der Waals surface area contributed by atoms with Gasteiger partial charge in [-0.15, -0.1) is 0 Å². The number of cyclic esters (lactones) is 1. The van der Waals surface area contributed by atoms with Crippen molar-refractivity contribution in [1.82, 2.24) is 0 Å². The minimum atomic E-state index is -0.955. The molecule has 1 heterocycles. The Morgan fingerprint density at radius 1 is 1.73 bits per heavy atom. The molecule has 7 nitrogen and oxygen atoms in total. The van der Waals surface area contributed by atoms with Crippen molar-refractivity contribution in [2.24, 2.45) is 16.5 Å². The molecule has 0 spiro atoms. The highest BCUT2D eigenvalue weighted by Gasteiger charge is 2.08. The number of ether oxygens (including phenoxy) is 1. The summed E-state index contributed by atoms with van der Waals surface area (Å²) in [5.74, 6) is -1.22. The monoisotopic (exact) mass is 217 g/mol. The number of hydrogen-bond donors (Lipinski definition) is 3. The van der Waals surface area contributed by atoms with Crippen molar-refractivity contribution in [2.45, 2.75) is 18.9 Å². The number of carboxylic acids is 1. The Labute approximate surface area is 87.1 Å². The molecule has 0 saturated carbocycles. The smallest absolute Gasteiger partial charge is 0.334 e. The van der Waals surface area contributed by atoms with Gasteiger partial charge in [0, 0.05) is 0 Å². The highest BCUT2D eigenvalue weighted by molar-refractivity contribution is 5.84. The molecule has 0 saturated heterocycles. The van der Waals surface area contributed by atoms with Gasteiger partial charge in [-0.25, -0.2) is 9.79 Å². The van der Waals surface area contributed by atoms with Crippen molar-refractivity contribution in [3.05, 3.63) is 0 Å². The van der Waals surface area contributed by atoms with Gasteiger partial charge in [0.05, 0.1) is 0 Å². The average Bonchev–Trinajstić information content (AvgIpc) is 2.66. The van der Waals surface area contributed by atoms with E-state index in [1.807, 2.05) is 0 Å². The van der Waals surface area contributed by atoms with E-state index >= 15 is 0 Å². The molecule has 0 aromatic rings. The zero-order chi connectivity index (χ0) is 11.7. The van der Waals surface area contributed by atoms with E-state index in [0.29, 0.717) is 19.4 Å². The van der Waals surface area contributed by atoms with Gasteiger partial charge < -0.3 is 21.3 Å². The normalized spacial score (nSPS) is 15.2. The third-order valence-electron chi connectivity index (χ3n) is 1.52. The number of esters is 1. The number of nitrogens with zero attached hydrogens (tertiary/aromatic N) is 1. The summed E-state index contributed by atoms with van der Waals surface area (Å²) < 4.78 is 4.22. The largest absolute Gasteiger partial charge is 0.480 e. The fraction of sp³-hybridized carbons (Fsp3) is 0.625. The highest BCUT2D eigenvalue weighted by atomic mass is 16.5. The second-order valence-corrected chi connectivity index (χ2v) is 2.81. The van der Waals surface area contributed by atoms with Crippen LogP contribution in [0, 0.1) is 0 Å². The molecule has 7 heteroatoms. The first-order chi connectivity index (χ1) is 7.07. The number of hydrogen-bond acceptors (Lipinski definition) is 6. The van der Waals surface area contributed by atoms with Gasteiger partial charge >= 0.3 is 11.9 Å². The molecule has 1 aliphatic rings. The predicted octanol–water partition coefficient (Wildman–Crippen LogP) is -1.29. The molecule has 0 aromatic carbocycles. The number of nitrogens with two attached hydrogens (primary N) is 2. The standard InChI is InChI=1S/C5H12N2O2.C3H3NO2/c6-3-1-2-4(7)5(8)9;5-3-1-4-2-6-3/h4H,1-3,6-7H2,(H,8,9);2H,1H2/t4-;/m0./s1. The van der Waals surface area contributed by atoms with Gasteiger partial charge in [0.25, 0.3) is 0 Å². The summed E-state index contributed by atoms with van der Waals surface area (Å²) in [5.41, 5.74) is 10.3. The number of carboxylic acid groups (broad SMARTS) is 1. The molecule has 0 radical (unpaired) electrons. The van der Waals surface area contributed by atoms with Crippen molar-refractivity contribution in [2.75, 3.05) is 13.1 Å². The SMILES string of the molecule is NCCC[C@H](N)C(=O)O.O=C1CN=CO1. The van der Waals surface area contributed by atoms with Crippen molar-refractivity contribution in [1.29, 1.82) is 0 Å². The summed E-state index contributed by atoms with van der Waals surface area (Å²) in [7, 11) is 0. The molecule has 0 unspecified atom stereocenters. The lowest BCUT2D eigenvalue weighted by Gasteiger charge is -2.02. The Balaban J connectivity index is 0.000000280. The number of carbonyl (C=O) groups excluding carboxylic acids is 1. The molecule has 5 N–H and O–H groups in total. The molecule has 15 heavy (non-hydrogen) atoms. The first-order valence-corrected chi connectivity index (χ1v) is 4.44. The second kappa shape index (κ2) is 7.89. The van der Waals surface area contributed by atoms with Crippen LogP contribution < -0.4 is 11.5 Å². The fourth-order valence-corrected chi connectivity index (χ4v) is 0.706. The van der Waals surface area contributed by atoms with Crippen LogP contribution in [0.25, 0.3) is 0 Å². The average molecular weight is 217 g/mol. The summed E-state index contributed by atoms with van der Waals surface area (Å²) in [4.78, 5) is 23.4. The van der Waals surface area contributed by atoms with Gasteiger partial charge in [0.15, 0.2) is 6.40 Å². The van der Waals surface area contributed by atoms with Crippen molar-refractivity contribution in [3.63, 3.8) is 0 Å². The van der Waals surface area contributed by atoms with Crippen LogP contribution in [0.1, 0.15) is 12.8 Å². The minimum Gasteiger partial charge on any atom is -0.480 e. The Kier molecular flexibility index (Phi) is 7.12. The van der Waals surface area contributed by atoms with E-state index in [1.165, 1.54) is 0 Å². The minimum absolute atomic E-state index is 0.194. The molecule has 1 atom stereocenters. The van der Waals surface area contributed by atoms with E-state index in [0.717, 1.165) is 6.40 Å². The molecule has 1 rings (SSSR count). The van der Waals surface area contributed by atoms with Gasteiger partial charge in [-0.05, 0) is 19.4 Å². The number of aliphatic carboxylic acids is 1. The Morgan fingerprint density at radius 2 is 2.40 bits per heavy atom. The highest BCUT2D eigenvalue weighted by Crippen LogP contribution is 1.91. The zero-order valence-electron chi connectivity index (χ0n) is 8.26. The quantitative estimate of drug-likeness (QED) is 0.502. The van der Waals surface area contributed by atoms with E-state index in [-0.39, 0.29) is 12.5 Å². The van der Waals surface area contributed by atoms with E-state index in [1.54, 1.807) is 0 Å². The van der Waals surface area contributed by atoms with Gasteiger partial charge in [-0.1, -0.05) is 0 Å². The van der Waals surface area contributed by atoms with E-state index in [2.05, 4.69) is 9.73 Å². The maximum absolute atomic E-state index is 10.0. The molecule has 0 aromatic heterocycles. The Morgan fingerprint density at radius 3 is 2.67 bits per heavy atom. The van der Waals surface area contributed by atoms with Gasteiger partial charge in [-0.3, -0.25) is 4.79 Å². The lowest BCUT2D eigenvalue weighted by molar-refractivity contribution is -0.138. The van der Waals surface area contributed by atoms with Crippen LogP contribution in [0.15, 0.2) is 4.99 Å². The molecule has 86 valence electrons. The van der Waals surface area contributed by atoms with E-state index < -0.39 is 12.0 Å². The van der Waals surface area contributed by atoms with Crippen molar-refractivity contribution < 1.29 is 19.4 Å². The van der Waals surface area contributed by atoms with Crippen LogP contribution in [-0.4, -0.2) is 42.6 Å². The van der Waals surface area contributed by atoms with E-state index in [4.69, 9.17) is 16.6 Å². The second-order valence-electron chi connectivity index (χ2n) is 2.81. The Bertz CT molecular complexity index is 232. The van der Waals surface area contributed by atoms with Gasteiger partial charge in [-0.2, -0.15) is 0 Å². The summed E-state index contributed by atoms with van der Waals surface area (Å²) in [5, 5.41) is 8.24. The maximum Gasteiger partial charge on any atom is 0.334 e. The van der Waals surface area contributed by atoms with Crippen LogP contribution in [0.2, 0.25) is 0 Å². The summed E-state index contributed by atoms with van der Waals surface area (Å²) in [6.45, 7) is 0.695. The third-order valence-corrected chi connectivity index (χ3v) is 1.52. The summed E-state index contributed by atoms with van der Waals surface area (Å²) in [6.07, 6.45) is 2.29. The first-order valence-electron chi connectivity index (χ1n) is 4.44. The first kappa shape index (κ1) is 13.5. The number of rotatable bonds is 4. The van der Waals surface area contributed by atoms with Crippen LogP contribution >= 0.6 is 0 Å². The molecular formula is C8H15N3O4.